The number of nitrogens with zero attached hydrogens (tertiary/aromatic N) is 5. The van der Waals surface area contributed by atoms with Gasteiger partial charge < -0.3 is 19.3 Å². The van der Waals surface area contributed by atoms with Crippen LogP contribution in [-0.2, 0) is 22.6 Å². The van der Waals surface area contributed by atoms with E-state index in [1.807, 2.05) is 38.6 Å². The number of hydrogen-bond acceptors (Lipinski definition) is 4. The summed E-state index contributed by atoms with van der Waals surface area (Å²) in [6, 6.07) is 7.81. The average molecular weight is 369 g/mol. The number of rotatable bonds is 4. The summed E-state index contributed by atoms with van der Waals surface area (Å²) in [5, 5.41) is 0. The molecule has 0 saturated carbocycles. The first-order chi connectivity index (χ1) is 13.1. The Balaban J connectivity index is 1.56. The van der Waals surface area contributed by atoms with Crippen LogP contribution in [0.25, 0.3) is 11.0 Å². The van der Waals surface area contributed by atoms with Gasteiger partial charge in [-0.1, -0.05) is 12.1 Å². The van der Waals surface area contributed by atoms with E-state index in [-0.39, 0.29) is 24.8 Å². The first-order valence-corrected chi connectivity index (χ1v) is 9.80. The number of piperazine rings is 1. The van der Waals surface area contributed by atoms with Crippen molar-refractivity contribution >= 4 is 22.8 Å². The van der Waals surface area contributed by atoms with Crippen molar-refractivity contribution in [1.82, 2.24) is 24.3 Å². The van der Waals surface area contributed by atoms with Gasteiger partial charge in [0.05, 0.1) is 17.5 Å². The largest absolute Gasteiger partial charge is 0.342 e. The maximum Gasteiger partial charge on any atom is 0.242 e. The number of carbonyl (C=O) groups excluding carboxylic acids is 2. The standard InChI is InChI=1S/C20H27N5O2/c1-22-10-12-24(13-11-22)20(27)15-25-17-7-3-2-6-16(17)21-18(25)14-19(26)23-8-4-5-9-23/h2-3,6-7H,4-5,8-15H2,1H3. The number of aromatic nitrogens is 2. The van der Waals surface area contributed by atoms with Gasteiger partial charge in [0.1, 0.15) is 12.4 Å². The Bertz CT molecular complexity index is 832. The lowest BCUT2D eigenvalue weighted by Gasteiger charge is -2.32. The molecule has 2 aliphatic heterocycles. The minimum absolute atomic E-state index is 0.0983. The number of carbonyl (C=O) groups is 2. The molecule has 4 rings (SSSR count). The monoisotopic (exact) mass is 369 g/mol. The van der Waals surface area contributed by atoms with Gasteiger partial charge in [0.15, 0.2) is 0 Å². The van der Waals surface area contributed by atoms with E-state index in [1.165, 1.54) is 0 Å². The van der Waals surface area contributed by atoms with Crippen molar-refractivity contribution in [1.29, 1.82) is 0 Å². The summed E-state index contributed by atoms with van der Waals surface area (Å²) >= 11 is 0. The molecule has 0 spiro atoms. The molecule has 7 heteroatoms. The topological polar surface area (TPSA) is 61.7 Å². The molecule has 27 heavy (non-hydrogen) atoms. The maximum atomic E-state index is 12.9. The molecular formula is C20H27N5O2. The molecule has 0 aliphatic carbocycles. The van der Waals surface area contributed by atoms with Crippen LogP contribution >= 0.6 is 0 Å². The van der Waals surface area contributed by atoms with Crippen molar-refractivity contribution in [2.24, 2.45) is 0 Å². The molecule has 0 unspecified atom stereocenters. The Labute approximate surface area is 159 Å². The van der Waals surface area contributed by atoms with Gasteiger partial charge in [-0.25, -0.2) is 4.98 Å². The SMILES string of the molecule is CN1CCN(C(=O)Cn2c(CC(=O)N3CCCC3)nc3ccccc32)CC1. The van der Waals surface area contributed by atoms with Gasteiger partial charge in [0.25, 0.3) is 0 Å². The highest BCUT2D eigenvalue weighted by Gasteiger charge is 2.24. The van der Waals surface area contributed by atoms with Crippen LogP contribution in [0.2, 0.25) is 0 Å². The second-order valence-corrected chi connectivity index (χ2v) is 7.55. The molecule has 1 aromatic heterocycles. The summed E-state index contributed by atoms with van der Waals surface area (Å²) in [6.07, 6.45) is 2.40. The van der Waals surface area contributed by atoms with E-state index < -0.39 is 0 Å². The van der Waals surface area contributed by atoms with Crippen molar-refractivity contribution in [3.05, 3.63) is 30.1 Å². The number of likely N-dealkylation sites (tertiary alicyclic amines) is 1. The molecule has 2 saturated heterocycles. The van der Waals surface area contributed by atoms with Crippen LogP contribution in [0.3, 0.4) is 0 Å². The third-order valence-electron chi connectivity index (χ3n) is 5.65. The zero-order valence-electron chi connectivity index (χ0n) is 15.9. The number of amides is 2. The summed E-state index contributed by atoms with van der Waals surface area (Å²) in [4.78, 5) is 36.2. The highest BCUT2D eigenvalue weighted by Crippen LogP contribution is 2.19. The third kappa shape index (κ3) is 3.83. The first-order valence-electron chi connectivity index (χ1n) is 9.80. The van der Waals surface area contributed by atoms with Gasteiger partial charge in [-0.15, -0.1) is 0 Å². The Hall–Kier alpha value is -2.41. The molecule has 1 aromatic carbocycles. The zero-order chi connectivity index (χ0) is 18.8. The third-order valence-corrected chi connectivity index (χ3v) is 5.65. The lowest BCUT2D eigenvalue weighted by atomic mass is 10.3. The minimum Gasteiger partial charge on any atom is -0.342 e. The Morgan fingerprint density at radius 3 is 2.33 bits per heavy atom. The fourth-order valence-corrected chi connectivity index (χ4v) is 3.94. The Morgan fingerprint density at radius 2 is 1.59 bits per heavy atom. The van der Waals surface area contributed by atoms with Gasteiger partial charge in [-0.2, -0.15) is 0 Å². The van der Waals surface area contributed by atoms with Crippen LogP contribution in [0.15, 0.2) is 24.3 Å². The fraction of sp³-hybridized carbons (Fsp3) is 0.550. The van der Waals surface area contributed by atoms with Crippen molar-refractivity contribution in [2.45, 2.75) is 25.8 Å². The normalized spacial score (nSPS) is 18.4. The number of benzene rings is 1. The van der Waals surface area contributed by atoms with E-state index in [0.717, 1.165) is 63.1 Å². The molecule has 0 N–H and O–H groups in total. The molecule has 2 aromatic rings. The number of imidazole rings is 1. The molecule has 144 valence electrons. The van der Waals surface area contributed by atoms with Crippen molar-refractivity contribution < 1.29 is 9.59 Å². The van der Waals surface area contributed by atoms with Crippen LogP contribution in [0.1, 0.15) is 18.7 Å². The van der Waals surface area contributed by atoms with Crippen LogP contribution in [0.5, 0.6) is 0 Å². The summed E-state index contributed by atoms with van der Waals surface area (Å²) < 4.78 is 1.93. The Kier molecular flexibility index (Phi) is 5.11. The lowest BCUT2D eigenvalue weighted by molar-refractivity contribution is -0.133. The first kappa shape index (κ1) is 18.0. The van der Waals surface area contributed by atoms with Crippen molar-refractivity contribution in [3.63, 3.8) is 0 Å². The van der Waals surface area contributed by atoms with Gasteiger partial charge in [-0.05, 0) is 32.0 Å². The molecule has 0 bridgehead atoms. The summed E-state index contributed by atoms with van der Waals surface area (Å²) in [7, 11) is 2.08. The van der Waals surface area contributed by atoms with Crippen LogP contribution in [-0.4, -0.2) is 82.4 Å². The summed E-state index contributed by atoms with van der Waals surface area (Å²) in [6.45, 7) is 5.22. The number of fused-ring (bicyclic) bond motifs is 1. The lowest BCUT2D eigenvalue weighted by Crippen LogP contribution is -2.48. The van der Waals surface area contributed by atoms with E-state index in [2.05, 4.69) is 16.9 Å². The van der Waals surface area contributed by atoms with E-state index in [0.29, 0.717) is 5.82 Å². The molecule has 2 fully saturated rings. The number of hydrogen-bond donors (Lipinski definition) is 0. The van der Waals surface area contributed by atoms with Gasteiger partial charge in [0, 0.05) is 39.3 Å². The molecular weight excluding hydrogens is 342 g/mol. The number of para-hydroxylation sites is 2. The smallest absolute Gasteiger partial charge is 0.242 e. The van der Waals surface area contributed by atoms with E-state index in [4.69, 9.17) is 0 Å². The molecule has 3 heterocycles. The summed E-state index contributed by atoms with van der Waals surface area (Å²) in [5.74, 6) is 0.896. The quantitative estimate of drug-likeness (QED) is 0.806. The maximum absolute atomic E-state index is 12.9. The molecule has 0 radical (unpaired) electrons. The van der Waals surface area contributed by atoms with Crippen LogP contribution in [0, 0.1) is 0 Å². The highest BCUT2D eigenvalue weighted by atomic mass is 16.2. The Morgan fingerprint density at radius 1 is 0.926 bits per heavy atom. The average Bonchev–Trinajstić information content (AvgIpc) is 3.31. The van der Waals surface area contributed by atoms with Gasteiger partial charge >= 0.3 is 0 Å². The predicted molar refractivity (Wildman–Crippen MR) is 103 cm³/mol. The summed E-state index contributed by atoms with van der Waals surface area (Å²) in [5.41, 5.74) is 1.76. The second-order valence-electron chi connectivity index (χ2n) is 7.55. The van der Waals surface area contributed by atoms with Crippen molar-refractivity contribution in [2.75, 3.05) is 46.3 Å². The molecule has 2 aliphatic rings. The van der Waals surface area contributed by atoms with Gasteiger partial charge in [-0.3, -0.25) is 9.59 Å². The minimum atomic E-state index is 0.0983. The van der Waals surface area contributed by atoms with Crippen LogP contribution in [0.4, 0.5) is 0 Å². The fourth-order valence-electron chi connectivity index (χ4n) is 3.94. The molecule has 2 amide bonds. The van der Waals surface area contributed by atoms with E-state index in [9.17, 15) is 9.59 Å². The second kappa shape index (κ2) is 7.68. The molecule has 0 atom stereocenters. The van der Waals surface area contributed by atoms with Crippen LogP contribution < -0.4 is 0 Å². The number of likely N-dealkylation sites (N-methyl/N-ethyl adjacent to an activating group) is 1. The van der Waals surface area contributed by atoms with Gasteiger partial charge in [0.2, 0.25) is 11.8 Å². The van der Waals surface area contributed by atoms with E-state index in [1.54, 1.807) is 0 Å². The predicted octanol–water partition coefficient (Wildman–Crippen LogP) is 0.975. The highest BCUT2D eigenvalue weighted by molar-refractivity contribution is 5.84. The molecule has 7 nitrogen and oxygen atoms in total. The zero-order valence-corrected chi connectivity index (χ0v) is 15.9. The van der Waals surface area contributed by atoms with Crippen molar-refractivity contribution in [3.8, 4) is 0 Å². The van der Waals surface area contributed by atoms with E-state index >= 15 is 0 Å².